The largest absolute Gasteiger partial charge is 0.439 e. The third kappa shape index (κ3) is 4.74. The van der Waals surface area contributed by atoms with Crippen LogP contribution in [0.25, 0.3) is 11.4 Å². The summed E-state index contributed by atoms with van der Waals surface area (Å²) >= 11 is 5.95. The normalized spacial score (nSPS) is 11.2. The smallest absolute Gasteiger partial charge is 0.322 e. The number of nitrogens with zero attached hydrogens (tertiary/aromatic N) is 1. The van der Waals surface area contributed by atoms with E-state index in [2.05, 4.69) is 24.7 Å². The van der Waals surface area contributed by atoms with Gasteiger partial charge in [-0.15, -0.1) is 0 Å². The molecule has 0 atom stereocenters. The molecule has 0 saturated carbocycles. The van der Waals surface area contributed by atoms with Gasteiger partial charge in [-0.25, -0.2) is 13.2 Å². The minimum Gasteiger partial charge on any atom is -0.322 e. The van der Waals surface area contributed by atoms with Gasteiger partial charge in [0.15, 0.2) is 5.82 Å². The first kappa shape index (κ1) is 18.7. The lowest BCUT2D eigenvalue weighted by molar-refractivity contribution is 0.102. The highest BCUT2D eigenvalue weighted by Gasteiger charge is 2.13. The van der Waals surface area contributed by atoms with E-state index in [-0.39, 0.29) is 22.1 Å². The molecule has 11 heteroatoms. The number of rotatable bonds is 5. The average Bonchev–Trinajstić information content (AvgIpc) is 3.02. The van der Waals surface area contributed by atoms with Crippen LogP contribution in [0.3, 0.4) is 0 Å². The Balaban J connectivity index is 1.83. The molecule has 1 aromatic heterocycles. The molecule has 27 heavy (non-hydrogen) atoms. The van der Waals surface area contributed by atoms with Gasteiger partial charge in [-0.1, -0.05) is 28.9 Å². The summed E-state index contributed by atoms with van der Waals surface area (Å²) in [5.41, 5.74) is 1.27. The number of halogens is 1. The summed E-state index contributed by atoms with van der Waals surface area (Å²) in [7, 11) is -3.55. The summed E-state index contributed by atoms with van der Waals surface area (Å²) in [6.07, 6.45) is 0.982. The van der Waals surface area contributed by atoms with Crippen molar-refractivity contribution in [1.29, 1.82) is 0 Å². The lowest BCUT2D eigenvalue weighted by atomic mass is 10.1. The molecular weight excluding hydrogens is 396 g/mol. The predicted octanol–water partition coefficient (Wildman–Crippen LogP) is 2.31. The molecule has 3 N–H and O–H groups in total. The van der Waals surface area contributed by atoms with Crippen LogP contribution >= 0.6 is 11.6 Å². The van der Waals surface area contributed by atoms with Crippen LogP contribution in [0, 0.1) is 0 Å². The number of benzene rings is 2. The fourth-order valence-electron chi connectivity index (χ4n) is 2.25. The van der Waals surface area contributed by atoms with Crippen LogP contribution in [0.15, 0.2) is 51.8 Å². The van der Waals surface area contributed by atoms with Crippen LogP contribution in [0.2, 0.25) is 5.02 Å². The summed E-state index contributed by atoms with van der Waals surface area (Å²) in [6.45, 7) is 0. The van der Waals surface area contributed by atoms with Crippen molar-refractivity contribution in [3.63, 3.8) is 0 Å². The lowest BCUT2D eigenvalue weighted by Crippen LogP contribution is -2.14. The number of hydrogen-bond acceptors (Lipinski definition) is 6. The van der Waals surface area contributed by atoms with Crippen molar-refractivity contribution in [2.75, 3.05) is 16.3 Å². The molecule has 3 rings (SSSR count). The summed E-state index contributed by atoms with van der Waals surface area (Å²) in [5.74, 6) is -0.942. The molecule has 3 aromatic rings. The Morgan fingerprint density at radius 3 is 2.67 bits per heavy atom. The summed E-state index contributed by atoms with van der Waals surface area (Å²) < 4.78 is 29.5. The van der Waals surface area contributed by atoms with E-state index in [0.29, 0.717) is 11.3 Å². The van der Waals surface area contributed by atoms with Crippen LogP contribution in [-0.2, 0) is 10.0 Å². The molecule has 0 saturated heterocycles. The number of aromatic amines is 1. The Bertz CT molecular complexity index is 1170. The van der Waals surface area contributed by atoms with Gasteiger partial charge in [0.2, 0.25) is 10.0 Å². The molecule has 0 fully saturated rings. The SMILES string of the molecule is CS(=O)(=O)Nc1cc(C(=O)Nc2cccc(-c3noc(=O)[nH]3)c2)ccc1Cl. The standard InChI is InChI=1S/C16H13ClN4O5S/c1-27(24,25)21-13-8-10(5-6-12(13)17)15(22)18-11-4-2-3-9(7-11)14-19-16(23)26-20-14/h2-8,21H,1H3,(H,18,22)(H,19,20,23). The number of anilines is 2. The lowest BCUT2D eigenvalue weighted by Gasteiger charge is -2.10. The number of sulfonamides is 1. The van der Waals surface area contributed by atoms with Crippen LogP contribution in [0.1, 0.15) is 10.4 Å². The topological polar surface area (TPSA) is 134 Å². The van der Waals surface area contributed by atoms with Crippen molar-refractivity contribution in [2.45, 2.75) is 0 Å². The minimum atomic E-state index is -3.55. The molecule has 0 bridgehead atoms. The van der Waals surface area contributed by atoms with Crippen molar-refractivity contribution >= 4 is 38.9 Å². The maximum Gasteiger partial charge on any atom is 0.439 e. The van der Waals surface area contributed by atoms with E-state index < -0.39 is 21.7 Å². The fourth-order valence-corrected chi connectivity index (χ4v) is 3.04. The summed E-state index contributed by atoms with van der Waals surface area (Å²) in [5, 5.41) is 6.42. The molecule has 0 spiro atoms. The second-order valence-electron chi connectivity index (χ2n) is 5.55. The molecule has 1 amide bonds. The van der Waals surface area contributed by atoms with E-state index >= 15 is 0 Å². The van der Waals surface area contributed by atoms with Crippen molar-refractivity contribution in [2.24, 2.45) is 0 Å². The summed E-state index contributed by atoms with van der Waals surface area (Å²) in [4.78, 5) is 25.9. The maximum absolute atomic E-state index is 12.5. The second-order valence-corrected chi connectivity index (χ2v) is 7.70. The number of amides is 1. The highest BCUT2D eigenvalue weighted by molar-refractivity contribution is 7.92. The molecule has 9 nitrogen and oxygen atoms in total. The first-order chi connectivity index (χ1) is 12.7. The highest BCUT2D eigenvalue weighted by atomic mass is 35.5. The Hall–Kier alpha value is -3.11. The third-order valence-corrected chi connectivity index (χ3v) is 4.28. The number of hydrogen-bond donors (Lipinski definition) is 3. The Morgan fingerprint density at radius 2 is 2.00 bits per heavy atom. The van der Waals surface area contributed by atoms with Crippen molar-refractivity contribution in [1.82, 2.24) is 10.1 Å². The quantitative estimate of drug-likeness (QED) is 0.593. The number of aromatic nitrogens is 2. The molecule has 0 aliphatic carbocycles. The van der Waals surface area contributed by atoms with Crippen LogP contribution in [0.4, 0.5) is 11.4 Å². The Labute approximate surface area is 158 Å². The fraction of sp³-hybridized carbons (Fsp3) is 0.0625. The van der Waals surface area contributed by atoms with Gasteiger partial charge in [-0.2, -0.15) is 0 Å². The van der Waals surface area contributed by atoms with Crippen LogP contribution in [-0.4, -0.2) is 30.7 Å². The summed E-state index contributed by atoms with van der Waals surface area (Å²) in [6, 6.07) is 10.8. The van der Waals surface area contributed by atoms with Gasteiger partial charge in [-0.3, -0.25) is 19.0 Å². The van der Waals surface area contributed by atoms with E-state index in [4.69, 9.17) is 11.6 Å². The molecule has 1 heterocycles. The zero-order valence-electron chi connectivity index (χ0n) is 13.8. The zero-order chi connectivity index (χ0) is 19.6. The molecule has 2 aromatic carbocycles. The van der Waals surface area contributed by atoms with Crippen molar-refractivity contribution in [3.8, 4) is 11.4 Å². The number of H-pyrrole nitrogens is 1. The third-order valence-electron chi connectivity index (χ3n) is 3.36. The highest BCUT2D eigenvalue weighted by Crippen LogP contribution is 2.25. The van der Waals surface area contributed by atoms with Gasteiger partial charge in [0.1, 0.15) is 0 Å². The van der Waals surface area contributed by atoms with E-state index in [1.54, 1.807) is 24.3 Å². The van der Waals surface area contributed by atoms with Gasteiger partial charge in [0.25, 0.3) is 5.91 Å². The maximum atomic E-state index is 12.5. The van der Waals surface area contributed by atoms with E-state index in [9.17, 15) is 18.0 Å². The number of carbonyl (C=O) groups is 1. The van der Waals surface area contributed by atoms with Crippen LogP contribution in [0.5, 0.6) is 0 Å². The Morgan fingerprint density at radius 1 is 1.22 bits per heavy atom. The molecule has 0 aliphatic heterocycles. The predicted molar refractivity (Wildman–Crippen MR) is 100 cm³/mol. The molecular formula is C16H13ClN4O5S. The second kappa shape index (κ2) is 7.25. The average molecular weight is 409 g/mol. The first-order valence-electron chi connectivity index (χ1n) is 7.46. The van der Waals surface area contributed by atoms with Gasteiger partial charge in [-0.05, 0) is 30.3 Å². The van der Waals surface area contributed by atoms with Crippen molar-refractivity contribution < 1.29 is 17.7 Å². The number of carbonyl (C=O) groups excluding carboxylic acids is 1. The van der Waals surface area contributed by atoms with Gasteiger partial charge in [0, 0.05) is 16.8 Å². The number of nitrogens with one attached hydrogen (secondary N) is 3. The minimum absolute atomic E-state index is 0.0979. The Kier molecular flexibility index (Phi) is 5.02. The zero-order valence-corrected chi connectivity index (χ0v) is 15.4. The van der Waals surface area contributed by atoms with E-state index in [0.717, 1.165) is 6.26 Å². The van der Waals surface area contributed by atoms with Gasteiger partial charge >= 0.3 is 5.76 Å². The van der Waals surface area contributed by atoms with Gasteiger partial charge < -0.3 is 5.32 Å². The molecule has 140 valence electrons. The van der Waals surface area contributed by atoms with Crippen molar-refractivity contribution in [3.05, 3.63) is 63.6 Å². The monoisotopic (exact) mass is 408 g/mol. The molecule has 0 radical (unpaired) electrons. The van der Waals surface area contributed by atoms with E-state index in [1.807, 2.05) is 0 Å². The first-order valence-corrected chi connectivity index (χ1v) is 9.73. The van der Waals surface area contributed by atoms with Crippen LogP contribution < -0.4 is 15.8 Å². The molecule has 0 unspecified atom stereocenters. The molecule has 0 aliphatic rings. The van der Waals surface area contributed by atoms with Gasteiger partial charge in [0.05, 0.1) is 17.0 Å². The van der Waals surface area contributed by atoms with E-state index in [1.165, 1.54) is 18.2 Å².